The van der Waals surface area contributed by atoms with E-state index in [4.69, 9.17) is 33.2 Å². The van der Waals surface area contributed by atoms with Gasteiger partial charge in [-0.2, -0.15) is 5.26 Å². The number of carbonyl (C=O) groups is 1. The first kappa shape index (κ1) is 15.6. The van der Waals surface area contributed by atoms with Crippen molar-refractivity contribution in [2.75, 3.05) is 0 Å². The van der Waals surface area contributed by atoms with Crippen molar-refractivity contribution in [3.05, 3.63) is 52.1 Å². The van der Waals surface area contributed by atoms with E-state index < -0.39 is 5.54 Å². The van der Waals surface area contributed by atoms with Gasteiger partial charge in [-0.05, 0) is 31.0 Å². The van der Waals surface area contributed by atoms with Gasteiger partial charge in [0.15, 0.2) is 0 Å². The Morgan fingerprint density at radius 2 is 2.09 bits per heavy atom. The predicted octanol–water partition coefficient (Wildman–Crippen LogP) is 3.97. The van der Waals surface area contributed by atoms with Gasteiger partial charge in [-0.25, -0.2) is 4.98 Å². The lowest BCUT2D eigenvalue weighted by atomic mass is 10.2. The number of pyridine rings is 1. The van der Waals surface area contributed by atoms with E-state index in [2.05, 4.69) is 16.4 Å². The standard InChI is InChI=1S/C16H11Cl2N3O2/c17-11-2-1-3-12(14(11)18)23-13-5-4-10(8-20-13)15(22)21-16(9-19)6-7-16/h1-5,8H,6-7H2,(H,21,22). The van der Waals surface area contributed by atoms with Crippen molar-refractivity contribution >= 4 is 29.1 Å². The number of hydrogen-bond acceptors (Lipinski definition) is 4. The van der Waals surface area contributed by atoms with E-state index >= 15 is 0 Å². The van der Waals surface area contributed by atoms with Crippen LogP contribution in [0.3, 0.4) is 0 Å². The van der Waals surface area contributed by atoms with Crippen LogP contribution in [0.4, 0.5) is 0 Å². The van der Waals surface area contributed by atoms with Gasteiger partial charge in [0, 0.05) is 12.3 Å². The highest BCUT2D eigenvalue weighted by Crippen LogP contribution is 2.35. The van der Waals surface area contributed by atoms with Gasteiger partial charge in [0.1, 0.15) is 16.3 Å². The van der Waals surface area contributed by atoms with Crippen LogP contribution in [-0.4, -0.2) is 16.4 Å². The van der Waals surface area contributed by atoms with Crippen LogP contribution in [0.1, 0.15) is 23.2 Å². The molecule has 0 atom stereocenters. The van der Waals surface area contributed by atoms with Crippen molar-refractivity contribution in [2.45, 2.75) is 18.4 Å². The number of ether oxygens (including phenoxy) is 1. The van der Waals surface area contributed by atoms with E-state index in [1.54, 1.807) is 30.3 Å². The SMILES string of the molecule is N#CC1(NC(=O)c2ccc(Oc3cccc(Cl)c3Cl)nc2)CC1. The van der Waals surface area contributed by atoms with Crippen LogP contribution < -0.4 is 10.1 Å². The van der Waals surface area contributed by atoms with Gasteiger partial charge in [-0.1, -0.05) is 29.3 Å². The summed E-state index contributed by atoms with van der Waals surface area (Å²) in [6.45, 7) is 0. The Bertz CT molecular complexity index is 796. The molecule has 116 valence electrons. The second-order valence-electron chi connectivity index (χ2n) is 5.19. The average molecular weight is 348 g/mol. The third-order valence-corrected chi connectivity index (χ3v) is 4.25. The van der Waals surface area contributed by atoms with E-state index in [0.29, 0.717) is 34.2 Å². The molecule has 1 aliphatic carbocycles. The summed E-state index contributed by atoms with van der Waals surface area (Å²) in [5, 5.41) is 12.4. The molecular weight excluding hydrogens is 337 g/mol. The zero-order valence-electron chi connectivity index (χ0n) is 11.8. The van der Waals surface area contributed by atoms with Gasteiger partial charge in [-0.3, -0.25) is 4.79 Å². The van der Waals surface area contributed by atoms with E-state index in [9.17, 15) is 4.79 Å². The van der Waals surface area contributed by atoms with Crippen LogP contribution in [0.2, 0.25) is 10.0 Å². The summed E-state index contributed by atoms with van der Waals surface area (Å²) in [4.78, 5) is 16.1. The normalized spacial score (nSPS) is 14.7. The number of nitrogens with zero attached hydrogens (tertiary/aromatic N) is 2. The maximum absolute atomic E-state index is 12.0. The number of hydrogen-bond donors (Lipinski definition) is 1. The number of nitrogens with one attached hydrogen (secondary N) is 1. The van der Waals surface area contributed by atoms with Crippen molar-refractivity contribution in [1.82, 2.24) is 10.3 Å². The highest BCUT2D eigenvalue weighted by Gasteiger charge is 2.44. The average Bonchev–Trinajstić information content (AvgIpc) is 3.32. The van der Waals surface area contributed by atoms with Crippen LogP contribution in [0.5, 0.6) is 11.6 Å². The van der Waals surface area contributed by atoms with Gasteiger partial charge < -0.3 is 10.1 Å². The third kappa shape index (κ3) is 3.39. The van der Waals surface area contributed by atoms with E-state index in [-0.39, 0.29) is 11.8 Å². The Labute approximate surface area is 142 Å². The number of rotatable bonds is 4. The lowest BCUT2D eigenvalue weighted by molar-refractivity contribution is 0.0941. The molecule has 7 heteroatoms. The summed E-state index contributed by atoms with van der Waals surface area (Å²) < 4.78 is 5.55. The molecule has 23 heavy (non-hydrogen) atoms. The molecule has 1 heterocycles. The molecule has 0 spiro atoms. The van der Waals surface area contributed by atoms with Crippen molar-refractivity contribution < 1.29 is 9.53 Å². The van der Waals surface area contributed by atoms with Crippen LogP contribution in [-0.2, 0) is 0 Å². The largest absolute Gasteiger partial charge is 0.437 e. The summed E-state index contributed by atoms with van der Waals surface area (Å²) in [5.74, 6) is 0.335. The number of nitriles is 1. The van der Waals surface area contributed by atoms with Gasteiger partial charge >= 0.3 is 0 Å². The highest BCUT2D eigenvalue weighted by molar-refractivity contribution is 6.42. The maximum Gasteiger partial charge on any atom is 0.254 e. The van der Waals surface area contributed by atoms with Crippen LogP contribution in [0.15, 0.2) is 36.5 Å². The molecule has 1 fully saturated rings. The van der Waals surface area contributed by atoms with Crippen molar-refractivity contribution in [2.24, 2.45) is 0 Å². The smallest absolute Gasteiger partial charge is 0.254 e. The van der Waals surface area contributed by atoms with Gasteiger partial charge in [0.2, 0.25) is 5.88 Å². The molecule has 1 aromatic heterocycles. The molecule has 2 aromatic rings. The molecule has 1 N–H and O–H groups in total. The Balaban J connectivity index is 1.71. The quantitative estimate of drug-likeness (QED) is 0.907. The van der Waals surface area contributed by atoms with Crippen LogP contribution in [0.25, 0.3) is 0 Å². The minimum Gasteiger partial charge on any atom is -0.437 e. The maximum atomic E-state index is 12.0. The van der Waals surface area contributed by atoms with E-state index in [1.165, 1.54) is 6.20 Å². The summed E-state index contributed by atoms with van der Waals surface area (Å²) in [6, 6.07) is 10.3. The zero-order valence-corrected chi connectivity index (χ0v) is 13.4. The number of aromatic nitrogens is 1. The molecule has 1 aliphatic rings. The summed E-state index contributed by atoms with van der Waals surface area (Å²) >= 11 is 12.0. The van der Waals surface area contributed by atoms with Crippen LogP contribution >= 0.6 is 23.2 Å². The second-order valence-corrected chi connectivity index (χ2v) is 5.97. The first-order chi connectivity index (χ1) is 11.0. The molecule has 1 saturated carbocycles. The van der Waals surface area contributed by atoms with Gasteiger partial charge in [-0.15, -0.1) is 0 Å². The minimum atomic E-state index is -0.708. The summed E-state index contributed by atoms with van der Waals surface area (Å²) in [5.41, 5.74) is -0.350. The molecule has 0 radical (unpaired) electrons. The Kier molecular flexibility index (Phi) is 4.12. The summed E-state index contributed by atoms with van der Waals surface area (Å²) in [7, 11) is 0. The lowest BCUT2D eigenvalue weighted by Gasteiger charge is -2.10. The number of amides is 1. The molecule has 0 saturated heterocycles. The minimum absolute atomic E-state index is 0.284. The van der Waals surface area contributed by atoms with E-state index in [1.807, 2.05) is 0 Å². The predicted molar refractivity (Wildman–Crippen MR) is 85.8 cm³/mol. The Morgan fingerprint density at radius 1 is 1.30 bits per heavy atom. The number of carbonyl (C=O) groups excluding carboxylic acids is 1. The second kappa shape index (κ2) is 6.07. The van der Waals surface area contributed by atoms with Gasteiger partial charge in [0.05, 0.1) is 16.7 Å². The Morgan fingerprint density at radius 3 is 2.70 bits per heavy atom. The zero-order chi connectivity index (χ0) is 16.4. The van der Waals surface area contributed by atoms with Crippen molar-refractivity contribution in [3.63, 3.8) is 0 Å². The fourth-order valence-electron chi connectivity index (χ4n) is 1.93. The fraction of sp³-hybridized carbons (Fsp3) is 0.188. The molecule has 1 aromatic carbocycles. The van der Waals surface area contributed by atoms with Gasteiger partial charge in [0.25, 0.3) is 5.91 Å². The monoisotopic (exact) mass is 347 g/mol. The number of benzene rings is 1. The molecular formula is C16H11Cl2N3O2. The molecule has 0 unspecified atom stereocenters. The highest BCUT2D eigenvalue weighted by atomic mass is 35.5. The first-order valence-electron chi connectivity index (χ1n) is 6.85. The Hall–Kier alpha value is -2.29. The summed E-state index contributed by atoms with van der Waals surface area (Å²) in [6.07, 6.45) is 2.74. The topological polar surface area (TPSA) is 75.0 Å². The molecule has 3 rings (SSSR count). The number of halogens is 2. The van der Waals surface area contributed by atoms with Crippen molar-refractivity contribution in [3.8, 4) is 17.7 Å². The lowest BCUT2D eigenvalue weighted by Crippen LogP contribution is -2.35. The van der Waals surface area contributed by atoms with Crippen LogP contribution in [0, 0.1) is 11.3 Å². The molecule has 0 bridgehead atoms. The van der Waals surface area contributed by atoms with E-state index in [0.717, 1.165) is 0 Å². The third-order valence-electron chi connectivity index (χ3n) is 3.45. The van der Waals surface area contributed by atoms with Crippen molar-refractivity contribution in [1.29, 1.82) is 5.26 Å². The first-order valence-corrected chi connectivity index (χ1v) is 7.60. The molecule has 0 aliphatic heterocycles. The fourth-order valence-corrected chi connectivity index (χ4v) is 2.26. The molecule has 1 amide bonds. The molecule has 5 nitrogen and oxygen atoms in total.